The Bertz CT molecular complexity index is 517. The summed E-state index contributed by atoms with van der Waals surface area (Å²) >= 11 is 3.36. The summed E-state index contributed by atoms with van der Waals surface area (Å²) in [5.41, 5.74) is 0.744. The summed E-state index contributed by atoms with van der Waals surface area (Å²) < 4.78 is 5.96. The molecular weight excluding hydrogens is 384 g/mol. The summed E-state index contributed by atoms with van der Waals surface area (Å²) in [6.07, 6.45) is 0.259. The average Bonchev–Trinajstić information content (AvgIpc) is 2.54. The van der Waals surface area contributed by atoms with Crippen molar-refractivity contribution in [2.24, 2.45) is 0 Å². The maximum Gasteiger partial charge on any atom is 0.409 e. The van der Waals surface area contributed by atoms with Crippen LogP contribution in [0.5, 0.6) is 0 Å². The van der Waals surface area contributed by atoms with Gasteiger partial charge in [0.15, 0.2) is 5.78 Å². The van der Waals surface area contributed by atoms with Crippen molar-refractivity contribution in [1.82, 2.24) is 9.80 Å². The van der Waals surface area contributed by atoms with Gasteiger partial charge < -0.3 is 9.64 Å². The zero-order chi connectivity index (χ0) is 15.9. The topological polar surface area (TPSA) is 49.9 Å². The molecule has 1 fully saturated rings. The Kier molecular flexibility index (Phi) is 8.58. The quantitative estimate of drug-likeness (QED) is 0.706. The van der Waals surface area contributed by atoms with E-state index in [-0.39, 0.29) is 24.3 Å². The second kappa shape index (κ2) is 9.90. The lowest BCUT2D eigenvalue weighted by molar-refractivity contribution is 0.0764. The molecule has 1 aromatic carbocycles. The number of ketones is 1. The molecule has 128 valence electrons. The molecule has 7 heteroatoms. The van der Waals surface area contributed by atoms with Crippen molar-refractivity contribution in [2.75, 3.05) is 39.3 Å². The summed E-state index contributed by atoms with van der Waals surface area (Å²) in [4.78, 5) is 27.7. The van der Waals surface area contributed by atoms with Crippen molar-refractivity contribution in [2.45, 2.75) is 13.3 Å². The third-order valence-corrected chi connectivity index (χ3v) is 4.25. The normalized spacial score (nSPS) is 15.0. The minimum Gasteiger partial charge on any atom is -0.450 e. The predicted octanol–water partition coefficient (Wildman–Crippen LogP) is 3.22. The summed E-state index contributed by atoms with van der Waals surface area (Å²) in [6, 6.07) is 7.44. The molecule has 1 amide bonds. The number of carbonyl (C=O) groups is 2. The van der Waals surface area contributed by atoms with Crippen molar-refractivity contribution in [1.29, 1.82) is 0 Å². The fraction of sp³-hybridized carbons (Fsp3) is 0.500. The lowest BCUT2D eigenvalue weighted by Gasteiger charge is -2.33. The predicted molar refractivity (Wildman–Crippen MR) is 95.4 cm³/mol. The number of ether oxygens (including phenoxy) is 1. The Morgan fingerprint density at radius 2 is 1.74 bits per heavy atom. The van der Waals surface area contributed by atoms with E-state index < -0.39 is 0 Å². The number of hydrogen-bond acceptors (Lipinski definition) is 4. The van der Waals surface area contributed by atoms with Crippen molar-refractivity contribution < 1.29 is 14.3 Å². The van der Waals surface area contributed by atoms with Gasteiger partial charge >= 0.3 is 6.09 Å². The van der Waals surface area contributed by atoms with Gasteiger partial charge in [0.1, 0.15) is 0 Å². The van der Waals surface area contributed by atoms with E-state index in [1.165, 1.54) is 0 Å². The van der Waals surface area contributed by atoms with E-state index in [1.807, 2.05) is 31.2 Å². The van der Waals surface area contributed by atoms with Gasteiger partial charge in [0.25, 0.3) is 0 Å². The summed E-state index contributed by atoms with van der Waals surface area (Å²) in [5, 5.41) is 0. The van der Waals surface area contributed by atoms with Gasteiger partial charge in [-0.15, -0.1) is 12.4 Å². The van der Waals surface area contributed by atoms with Crippen molar-refractivity contribution >= 4 is 40.2 Å². The molecule has 1 heterocycles. The Labute approximate surface area is 151 Å². The molecular formula is C16H22BrClN2O3. The molecule has 0 N–H and O–H groups in total. The number of halogens is 2. The van der Waals surface area contributed by atoms with Crippen molar-refractivity contribution in [3.8, 4) is 0 Å². The SMILES string of the molecule is CCOC(=O)N1CCN(CCC(=O)c2ccc(Br)cc2)CC1.Cl. The molecule has 1 saturated heterocycles. The van der Waals surface area contributed by atoms with E-state index in [0.29, 0.717) is 26.1 Å². The lowest BCUT2D eigenvalue weighted by atomic mass is 10.1. The molecule has 5 nitrogen and oxygen atoms in total. The Morgan fingerprint density at radius 1 is 1.13 bits per heavy atom. The second-order valence-electron chi connectivity index (χ2n) is 5.21. The summed E-state index contributed by atoms with van der Waals surface area (Å²) in [6.45, 7) is 5.82. The standard InChI is InChI=1S/C16H21BrN2O3.ClH/c1-2-22-16(21)19-11-9-18(10-12-19)8-7-15(20)13-3-5-14(17)6-4-13;/h3-6H,2,7-12H2,1H3;1H. The summed E-state index contributed by atoms with van der Waals surface area (Å²) in [5.74, 6) is 0.153. The number of hydrogen-bond donors (Lipinski definition) is 0. The minimum absolute atomic E-state index is 0. The van der Waals surface area contributed by atoms with Gasteiger partial charge in [-0.05, 0) is 19.1 Å². The van der Waals surface area contributed by atoms with E-state index in [1.54, 1.807) is 4.90 Å². The molecule has 1 aromatic rings. The molecule has 23 heavy (non-hydrogen) atoms. The van der Waals surface area contributed by atoms with Crippen LogP contribution in [0.4, 0.5) is 4.79 Å². The van der Waals surface area contributed by atoms with Gasteiger partial charge in [-0.3, -0.25) is 9.69 Å². The zero-order valence-electron chi connectivity index (χ0n) is 13.2. The largest absolute Gasteiger partial charge is 0.450 e. The van der Waals surface area contributed by atoms with E-state index >= 15 is 0 Å². The average molecular weight is 406 g/mol. The van der Waals surface area contributed by atoms with E-state index in [4.69, 9.17) is 4.74 Å². The van der Waals surface area contributed by atoms with E-state index in [9.17, 15) is 9.59 Å². The van der Waals surface area contributed by atoms with Crippen molar-refractivity contribution in [3.63, 3.8) is 0 Å². The Morgan fingerprint density at radius 3 is 2.30 bits per heavy atom. The van der Waals surface area contributed by atoms with Crippen LogP contribution in [0.3, 0.4) is 0 Å². The van der Waals surface area contributed by atoms with Gasteiger partial charge in [-0.2, -0.15) is 0 Å². The van der Waals surface area contributed by atoms with Crippen LogP contribution in [-0.4, -0.2) is 61.0 Å². The van der Waals surface area contributed by atoms with Crippen LogP contribution in [-0.2, 0) is 4.74 Å². The number of piperazine rings is 1. The summed E-state index contributed by atoms with van der Waals surface area (Å²) in [7, 11) is 0. The first-order chi connectivity index (χ1) is 10.6. The number of carbonyl (C=O) groups excluding carboxylic acids is 2. The van der Waals surface area contributed by atoms with Crippen LogP contribution in [0.1, 0.15) is 23.7 Å². The van der Waals surface area contributed by atoms with Gasteiger partial charge in [0.05, 0.1) is 6.61 Å². The highest BCUT2D eigenvalue weighted by Crippen LogP contribution is 2.12. The number of benzene rings is 1. The highest BCUT2D eigenvalue weighted by molar-refractivity contribution is 9.10. The number of Topliss-reactive ketones (excluding diaryl/α,β-unsaturated/α-hetero) is 1. The first kappa shape index (κ1) is 19.9. The third-order valence-electron chi connectivity index (χ3n) is 3.72. The van der Waals surface area contributed by atoms with Gasteiger partial charge in [-0.25, -0.2) is 4.79 Å². The van der Waals surface area contributed by atoms with E-state index in [2.05, 4.69) is 20.8 Å². The number of rotatable bonds is 5. The van der Waals surface area contributed by atoms with Crippen molar-refractivity contribution in [3.05, 3.63) is 34.3 Å². The number of amides is 1. The molecule has 0 atom stereocenters. The molecule has 0 saturated carbocycles. The zero-order valence-corrected chi connectivity index (χ0v) is 15.6. The van der Waals surface area contributed by atoms with Crippen LogP contribution in [0.25, 0.3) is 0 Å². The molecule has 0 aromatic heterocycles. The van der Waals surface area contributed by atoms with Crippen LogP contribution in [0, 0.1) is 0 Å². The maximum atomic E-state index is 12.1. The van der Waals surface area contributed by atoms with Gasteiger partial charge in [0, 0.05) is 49.2 Å². The monoisotopic (exact) mass is 404 g/mol. The molecule has 2 rings (SSSR count). The van der Waals surface area contributed by atoms with Crippen LogP contribution >= 0.6 is 28.3 Å². The highest BCUT2D eigenvalue weighted by atomic mass is 79.9. The maximum absolute atomic E-state index is 12.1. The fourth-order valence-corrected chi connectivity index (χ4v) is 2.67. The van der Waals surface area contributed by atoms with Crippen LogP contribution in [0.2, 0.25) is 0 Å². The van der Waals surface area contributed by atoms with Gasteiger partial charge in [0.2, 0.25) is 0 Å². The Hall–Kier alpha value is -1.11. The molecule has 0 unspecified atom stereocenters. The smallest absolute Gasteiger partial charge is 0.409 e. The molecule has 0 bridgehead atoms. The molecule has 0 spiro atoms. The highest BCUT2D eigenvalue weighted by Gasteiger charge is 2.22. The Balaban J connectivity index is 0.00000264. The molecule has 0 radical (unpaired) electrons. The molecule has 0 aliphatic carbocycles. The molecule has 1 aliphatic rings. The fourth-order valence-electron chi connectivity index (χ4n) is 2.41. The molecule has 1 aliphatic heterocycles. The lowest BCUT2D eigenvalue weighted by Crippen LogP contribution is -2.49. The van der Waals surface area contributed by atoms with Crippen LogP contribution < -0.4 is 0 Å². The number of nitrogens with zero attached hydrogens (tertiary/aromatic N) is 2. The first-order valence-corrected chi connectivity index (χ1v) is 8.32. The van der Waals surface area contributed by atoms with E-state index in [0.717, 1.165) is 29.7 Å². The van der Waals surface area contributed by atoms with Crippen LogP contribution in [0.15, 0.2) is 28.7 Å². The second-order valence-corrected chi connectivity index (χ2v) is 6.12. The van der Waals surface area contributed by atoms with Gasteiger partial charge in [-0.1, -0.05) is 28.1 Å². The third kappa shape index (κ3) is 6.12. The first-order valence-electron chi connectivity index (χ1n) is 7.53. The minimum atomic E-state index is -0.243.